The van der Waals surface area contributed by atoms with Gasteiger partial charge in [-0.1, -0.05) is 0 Å². The van der Waals surface area contributed by atoms with Gasteiger partial charge in [0.05, 0.1) is 0 Å². The van der Waals surface area contributed by atoms with E-state index in [2.05, 4.69) is 28.5 Å². The minimum absolute atomic E-state index is 0.314. The second-order valence-electron chi connectivity index (χ2n) is 6.38. The third-order valence-corrected chi connectivity index (χ3v) is 4.61. The van der Waals surface area contributed by atoms with Gasteiger partial charge in [0.1, 0.15) is 19.0 Å². The number of hydrogen-bond acceptors (Lipinski definition) is 4. The van der Waals surface area contributed by atoms with E-state index in [4.69, 9.17) is 9.47 Å². The van der Waals surface area contributed by atoms with E-state index < -0.39 is 0 Å². The molecule has 6 nitrogen and oxygen atoms in total. The molecule has 0 amide bonds. The molecule has 0 N–H and O–H groups in total. The summed E-state index contributed by atoms with van der Waals surface area (Å²) in [4.78, 5) is 4.61. The summed E-state index contributed by atoms with van der Waals surface area (Å²) in [7, 11) is 0. The normalized spacial score (nSPS) is 14.5. The van der Waals surface area contributed by atoms with Gasteiger partial charge >= 0.3 is 0 Å². The molecule has 2 aromatic heterocycles. The van der Waals surface area contributed by atoms with Gasteiger partial charge in [0.2, 0.25) is 0 Å². The Labute approximate surface area is 147 Å². The largest absolute Gasteiger partial charge is 0.486 e. The van der Waals surface area contributed by atoms with Crippen LogP contribution in [0, 0.1) is 6.92 Å². The highest BCUT2D eigenvalue weighted by Gasteiger charge is 2.19. The number of imidazole rings is 1. The van der Waals surface area contributed by atoms with Crippen molar-refractivity contribution < 1.29 is 9.47 Å². The fraction of sp³-hybridized carbons (Fsp3) is 0.368. The molecule has 0 spiro atoms. The molecule has 4 rings (SSSR count). The Hall–Kier alpha value is -2.76. The van der Waals surface area contributed by atoms with E-state index in [1.165, 1.54) is 0 Å². The number of ether oxygens (including phenoxy) is 2. The van der Waals surface area contributed by atoms with E-state index in [1.54, 1.807) is 0 Å². The van der Waals surface area contributed by atoms with E-state index in [0.29, 0.717) is 19.3 Å². The van der Waals surface area contributed by atoms with Gasteiger partial charge in [-0.05, 0) is 44.0 Å². The van der Waals surface area contributed by atoms with Crippen molar-refractivity contribution in [2.75, 3.05) is 13.2 Å². The summed E-state index contributed by atoms with van der Waals surface area (Å²) in [5, 5.41) is 4.27. The first-order valence-corrected chi connectivity index (χ1v) is 8.63. The highest BCUT2D eigenvalue weighted by Crippen LogP contribution is 2.37. The fourth-order valence-corrected chi connectivity index (χ4v) is 3.20. The highest BCUT2D eigenvalue weighted by molar-refractivity contribution is 5.66. The van der Waals surface area contributed by atoms with Crippen molar-refractivity contribution in [3.8, 4) is 22.9 Å². The Balaban J connectivity index is 1.60. The van der Waals surface area contributed by atoms with Gasteiger partial charge in [-0.2, -0.15) is 5.10 Å². The third kappa shape index (κ3) is 3.12. The fourth-order valence-electron chi connectivity index (χ4n) is 3.20. The summed E-state index contributed by atoms with van der Waals surface area (Å²) in [6.45, 7) is 6.37. The lowest BCUT2D eigenvalue weighted by Crippen LogP contribution is -2.16. The predicted octanol–water partition coefficient (Wildman–Crippen LogP) is 3.48. The molecule has 3 heterocycles. The van der Waals surface area contributed by atoms with Crippen LogP contribution in [0.5, 0.6) is 11.5 Å². The van der Waals surface area contributed by atoms with Crippen molar-refractivity contribution in [2.45, 2.75) is 32.9 Å². The van der Waals surface area contributed by atoms with Gasteiger partial charge < -0.3 is 14.0 Å². The number of aryl methyl sites for hydroxylation is 2. The Morgan fingerprint density at radius 3 is 2.68 bits per heavy atom. The monoisotopic (exact) mass is 338 g/mol. The molecule has 1 aliphatic rings. The van der Waals surface area contributed by atoms with Crippen molar-refractivity contribution in [2.24, 2.45) is 0 Å². The lowest BCUT2D eigenvalue weighted by Gasteiger charge is -2.21. The number of aromatic nitrogens is 4. The number of rotatable bonds is 5. The van der Waals surface area contributed by atoms with Crippen LogP contribution in [-0.4, -0.2) is 32.5 Å². The van der Waals surface area contributed by atoms with Crippen LogP contribution in [0.3, 0.4) is 0 Å². The van der Waals surface area contributed by atoms with Crippen LogP contribution < -0.4 is 9.47 Å². The van der Waals surface area contributed by atoms with Crippen LogP contribution in [0.1, 0.15) is 24.9 Å². The second-order valence-corrected chi connectivity index (χ2v) is 6.38. The van der Waals surface area contributed by atoms with Crippen LogP contribution in [0.15, 0.2) is 43.0 Å². The minimum atomic E-state index is 0.314. The first-order chi connectivity index (χ1) is 12.2. The Morgan fingerprint density at radius 2 is 1.92 bits per heavy atom. The molecular weight excluding hydrogens is 316 g/mol. The zero-order valence-electron chi connectivity index (χ0n) is 14.6. The van der Waals surface area contributed by atoms with Crippen molar-refractivity contribution in [1.82, 2.24) is 19.3 Å². The van der Waals surface area contributed by atoms with Gasteiger partial charge in [-0.25, -0.2) is 4.98 Å². The average molecular weight is 338 g/mol. The molecule has 0 saturated carbocycles. The topological polar surface area (TPSA) is 54.1 Å². The van der Waals surface area contributed by atoms with E-state index >= 15 is 0 Å². The molecule has 0 saturated heterocycles. The molecule has 25 heavy (non-hydrogen) atoms. The molecule has 1 aromatic carbocycles. The van der Waals surface area contributed by atoms with Gasteiger partial charge in [0.15, 0.2) is 11.5 Å². The SMILES string of the molecule is Cc1cc2c(cc1-c1nccn1[C@H](C)CCn1cccn1)OCCO2. The van der Waals surface area contributed by atoms with Gasteiger partial charge in [0, 0.05) is 42.9 Å². The summed E-state index contributed by atoms with van der Waals surface area (Å²) >= 11 is 0. The lowest BCUT2D eigenvalue weighted by molar-refractivity contribution is 0.171. The average Bonchev–Trinajstić information content (AvgIpc) is 3.30. The molecule has 3 aromatic rings. The zero-order valence-corrected chi connectivity index (χ0v) is 14.6. The molecule has 1 aliphatic heterocycles. The number of benzene rings is 1. The maximum Gasteiger partial charge on any atom is 0.162 e. The van der Waals surface area contributed by atoms with Gasteiger partial charge in [0.25, 0.3) is 0 Å². The molecular formula is C19H22N4O2. The van der Waals surface area contributed by atoms with Gasteiger partial charge in [-0.15, -0.1) is 0 Å². The third-order valence-electron chi connectivity index (χ3n) is 4.61. The molecule has 1 atom stereocenters. The molecule has 0 unspecified atom stereocenters. The van der Waals surface area contributed by atoms with Crippen molar-refractivity contribution in [1.29, 1.82) is 0 Å². The highest BCUT2D eigenvalue weighted by atomic mass is 16.6. The first kappa shape index (κ1) is 15.7. The standard InChI is InChI=1S/C19H22N4O2/c1-14-12-17-18(25-11-10-24-17)13-16(14)19-20-6-9-23(19)15(2)4-8-22-7-3-5-21-22/h3,5-7,9,12-13,15H,4,8,10-11H2,1-2H3/t15-/m1/s1. The Kier molecular flexibility index (Phi) is 4.17. The lowest BCUT2D eigenvalue weighted by atomic mass is 10.1. The zero-order chi connectivity index (χ0) is 17.2. The number of fused-ring (bicyclic) bond motifs is 1. The molecule has 0 bridgehead atoms. The summed E-state index contributed by atoms with van der Waals surface area (Å²) in [5.41, 5.74) is 2.22. The smallest absolute Gasteiger partial charge is 0.162 e. The number of hydrogen-bond donors (Lipinski definition) is 0. The van der Waals surface area contributed by atoms with E-state index in [9.17, 15) is 0 Å². The molecule has 130 valence electrons. The van der Waals surface area contributed by atoms with Crippen LogP contribution in [0.25, 0.3) is 11.4 Å². The quantitative estimate of drug-likeness (QED) is 0.715. The predicted molar refractivity (Wildman–Crippen MR) is 94.9 cm³/mol. The van der Waals surface area contributed by atoms with Crippen LogP contribution in [0.2, 0.25) is 0 Å². The Bertz CT molecular complexity index is 854. The van der Waals surface area contributed by atoms with E-state index in [0.717, 1.165) is 41.4 Å². The van der Waals surface area contributed by atoms with Crippen LogP contribution >= 0.6 is 0 Å². The summed E-state index contributed by atoms with van der Waals surface area (Å²) in [6.07, 6.45) is 8.68. The first-order valence-electron chi connectivity index (χ1n) is 8.63. The summed E-state index contributed by atoms with van der Waals surface area (Å²) in [6, 6.07) is 6.35. The molecule has 0 aliphatic carbocycles. The van der Waals surface area contributed by atoms with Crippen molar-refractivity contribution in [3.63, 3.8) is 0 Å². The van der Waals surface area contributed by atoms with Crippen molar-refractivity contribution >= 4 is 0 Å². The summed E-state index contributed by atoms with van der Waals surface area (Å²) in [5.74, 6) is 2.57. The van der Waals surface area contributed by atoms with Crippen LogP contribution in [-0.2, 0) is 6.54 Å². The van der Waals surface area contributed by atoms with E-state index in [1.807, 2.05) is 47.7 Å². The molecule has 0 fully saturated rings. The second kappa shape index (κ2) is 6.63. The number of nitrogens with zero attached hydrogens (tertiary/aromatic N) is 4. The minimum Gasteiger partial charge on any atom is -0.486 e. The summed E-state index contributed by atoms with van der Waals surface area (Å²) < 4.78 is 15.6. The molecule has 0 radical (unpaired) electrons. The van der Waals surface area contributed by atoms with Gasteiger partial charge in [-0.3, -0.25) is 4.68 Å². The Morgan fingerprint density at radius 1 is 1.12 bits per heavy atom. The maximum absolute atomic E-state index is 5.74. The van der Waals surface area contributed by atoms with E-state index in [-0.39, 0.29) is 0 Å². The maximum atomic E-state index is 5.74. The molecule has 6 heteroatoms. The van der Waals surface area contributed by atoms with Crippen LogP contribution in [0.4, 0.5) is 0 Å². The van der Waals surface area contributed by atoms with Crippen molar-refractivity contribution in [3.05, 3.63) is 48.5 Å².